The van der Waals surface area contributed by atoms with Gasteiger partial charge < -0.3 is 15.2 Å². The van der Waals surface area contributed by atoms with Crippen LogP contribution in [-0.4, -0.2) is 32.3 Å². The van der Waals surface area contributed by atoms with E-state index >= 15 is 0 Å². The smallest absolute Gasteiger partial charge is 0.192 e. The zero-order valence-electron chi connectivity index (χ0n) is 15.2. The van der Waals surface area contributed by atoms with E-state index in [1.807, 2.05) is 25.5 Å². The number of aromatic nitrogens is 4. The summed E-state index contributed by atoms with van der Waals surface area (Å²) < 4.78 is 1.96. The van der Waals surface area contributed by atoms with E-state index in [0.29, 0.717) is 6.54 Å². The van der Waals surface area contributed by atoms with Crippen molar-refractivity contribution in [1.29, 1.82) is 0 Å². The molecule has 3 heterocycles. The van der Waals surface area contributed by atoms with Crippen LogP contribution >= 0.6 is 22.7 Å². The Labute approximate surface area is 161 Å². The van der Waals surface area contributed by atoms with Gasteiger partial charge in [0.1, 0.15) is 12.4 Å². The summed E-state index contributed by atoms with van der Waals surface area (Å²) in [5.41, 5.74) is 1.11. The summed E-state index contributed by atoms with van der Waals surface area (Å²) in [4.78, 5) is 10.4. The highest BCUT2D eigenvalue weighted by Gasteiger charge is 2.06. The highest BCUT2D eigenvalue weighted by atomic mass is 32.1. The number of aryl methyl sites for hydroxylation is 2. The lowest BCUT2D eigenvalue weighted by molar-refractivity contribution is 0.747. The molecule has 0 bridgehead atoms. The number of rotatable bonds is 7. The molecular weight excluding hydrogens is 366 g/mol. The van der Waals surface area contributed by atoms with Crippen molar-refractivity contribution < 1.29 is 0 Å². The Kier molecular flexibility index (Phi) is 6.35. The quantitative estimate of drug-likeness (QED) is 0.479. The first-order chi connectivity index (χ1) is 12.6. The first-order valence-corrected chi connectivity index (χ1v) is 10.2. The van der Waals surface area contributed by atoms with Crippen molar-refractivity contribution >= 4 is 28.6 Å². The highest BCUT2D eigenvalue weighted by molar-refractivity contribution is 7.10. The number of guanidine groups is 1. The third kappa shape index (κ3) is 5.12. The number of aliphatic imine (C=N–C) groups is 1. The molecular formula is C17H23N7S2. The van der Waals surface area contributed by atoms with E-state index in [2.05, 4.69) is 53.7 Å². The second-order valence-electron chi connectivity index (χ2n) is 5.85. The van der Waals surface area contributed by atoms with Crippen molar-refractivity contribution in [2.75, 3.05) is 6.54 Å². The van der Waals surface area contributed by atoms with Gasteiger partial charge in [-0.05, 0) is 25.3 Å². The van der Waals surface area contributed by atoms with Crippen LogP contribution in [0.25, 0.3) is 0 Å². The number of thiophene rings is 1. The van der Waals surface area contributed by atoms with E-state index in [9.17, 15) is 0 Å². The predicted molar refractivity (Wildman–Crippen MR) is 107 cm³/mol. The van der Waals surface area contributed by atoms with Crippen LogP contribution in [0.4, 0.5) is 0 Å². The molecule has 3 aromatic heterocycles. The van der Waals surface area contributed by atoms with E-state index in [4.69, 9.17) is 0 Å². The van der Waals surface area contributed by atoms with Crippen molar-refractivity contribution in [2.24, 2.45) is 12.0 Å². The minimum absolute atomic E-state index is 0.479. The van der Waals surface area contributed by atoms with Crippen molar-refractivity contribution in [2.45, 2.75) is 33.4 Å². The Hall–Kier alpha value is -2.26. The molecule has 0 unspecified atom stereocenters. The third-order valence-electron chi connectivity index (χ3n) is 3.91. The summed E-state index contributed by atoms with van der Waals surface area (Å²) in [7, 11) is 1.96. The highest BCUT2D eigenvalue weighted by Crippen LogP contribution is 2.08. The summed E-state index contributed by atoms with van der Waals surface area (Å²) >= 11 is 3.41. The molecule has 7 nitrogen and oxygen atoms in total. The first-order valence-electron chi connectivity index (χ1n) is 8.42. The molecule has 3 aromatic rings. The van der Waals surface area contributed by atoms with Crippen molar-refractivity contribution in [3.63, 3.8) is 0 Å². The molecule has 0 atom stereocenters. The first kappa shape index (κ1) is 18.5. The van der Waals surface area contributed by atoms with Gasteiger partial charge in [0.05, 0.1) is 17.2 Å². The molecule has 0 radical (unpaired) electrons. The van der Waals surface area contributed by atoms with E-state index < -0.39 is 0 Å². The number of thiazole rings is 1. The molecule has 0 saturated carbocycles. The molecule has 0 aliphatic rings. The third-order valence-corrected chi connectivity index (χ3v) is 5.61. The lowest BCUT2D eigenvalue weighted by Crippen LogP contribution is -2.38. The lowest BCUT2D eigenvalue weighted by Gasteiger charge is -2.11. The van der Waals surface area contributed by atoms with Crippen LogP contribution in [0.3, 0.4) is 0 Å². The normalized spacial score (nSPS) is 11.7. The monoisotopic (exact) mass is 389 g/mol. The topological polar surface area (TPSA) is 80.0 Å². The molecule has 0 aromatic carbocycles. The molecule has 0 spiro atoms. The molecule has 138 valence electrons. The fourth-order valence-corrected chi connectivity index (χ4v) is 3.62. The molecule has 0 amide bonds. The van der Waals surface area contributed by atoms with Gasteiger partial charge in [0, 0.05) is 30.3 Å². The summed E-state index contributed by atoms with van der Waals surface area (Å²) in [6, 6.07) is 4.16. The SMILES string of the molecule is Cc1nc(CCNC(=NCc2nnc(C)n2C)NCc2cccs2)cs1. The average molecular weight is 390 g/mol. The van der Waals surface area contributed by atoms with Gasteiger partial charge in [-0.25, -0.2) is 9.98 Å². The Morgan fingerprint density at radius 3 is 2.77 bits per heavy atom. The Morgan fingerprint density at radius 2 is 2.12 bits per heavy atom. The van der Waals surface area contributed by atoms with E-state index in [1.54, 1.807) is 22.7 Å². The van der Waals surface area contributed by atoms with Crippen LogP contribution in [0.15, 0.2) is 27.9 Å². The number of hydrogen-bond acceptors (Lipinski definition) is 6. The summed E-state index contributed by atoms with van der Waals surface area (Å²) in [5.74, 6) is 2.50. The maximum absolute atomic E-state index is 4.66. The number of nitrogens with one attached hydrogen (secondary N) is 2. The molecule has 0 fully saturated rings. The average Bonchev–Trinajstić information content (AvgIpc) is 3.35. The van der Waals surface area contributed by atoms with Crippen LogP contribution in [-0.2, 0) is 26.6 Å². The molecule has 3 rings (SSSR count). The second kappa shape index (κ2) is 8.91. The van der Waals surface area contributed by atoms with Crippen LogP contribution in [0.5, 0.6) is 0 Å². The summed E-state index contributed by atoms with van der Waals surface area (Å²) in [5, 5.41) is 20.3. The summed E-state index contributed by atoms with van der Waals surface area (Å²) in [6.07, 6.45) is 0.868. The van der Waals surface area contributed by atoms with Gasteiger partial charge in [-0.3, -0.25) is 0 Å². The molecule has 2 N–H and O–H groups in total. The van der Waals surface area contributed by atoms with E-state index in [1.165, 1.54) is 4.88 Å². The minimum Gasteiger partial charge on any atom is -0.356 e. The van der Waals surface area contributed by atoms with Crippen LogP contribution in [0.1, 0.15) is 27.2 Å². The molecule has 0 aliphatic carbocycles. The van der Waals surface area contributed by atoms with Crippen LogP contribution < -0.4 is 10.6 Å². The maximum Gasteiger partial charge on any atom is 0.192 e. The zero-order valence-corrected chi connectivity index (χ0v) is 16.8. The van der Waals surface area contributed by atoms with Gasteiger partial charge in [-0.15, -0.1) is 32.9 Å². The molecule has 0 saturated heterocycles. The van der Waals surface area contributed by atoms with Crippen molar-refractivity contribution in [1.82, 2.24) is 30.4 Å². The molecule has 26 heavy (non-hydrogen) atoms. The zero-order chi connectivity index (χ0) is 18.4. The van der Waals surface area contributed by atoms with Gasteiger partial charge in [0.25, 0.3) is 0 Å². The van der Waals surface area contributed by atoms with Gasteiger partial charge in [-0.2, -0.15) is 0 Å². The van der Waals surface area contributed by atoms with Crippen LogP contribution in [0.2, 0.25) is 0 Å². The van der Waals surface area contributed by atoms with E-state index in [0.717, 1.165) is 47.8 Å². The Balaban J connectivity index is 1.60. The number of hydrogen-bond donors (Lipinski definition) is 2. The fraction of sp³-hybridized carbons (Fsp3) is 0.412. The van der Waals surface area contributed by atoms with E-state index in [-0.39, 0.29) is 0 Å². The second-order valence-corrected chi connectivity index (χ2v) is 7.95. The van der Waals surface area contributed by atoms with Crippen LogP contribution in [0, 0.1) is 13.8 Å². The van der Waals surface area contributed by atoms with Gasteiger partial charge >= 0.3 is 0 Å². The van der Waals surface area contributed by atoms with Gasteiger partial charge in [0.2, 0.25) is 0 Å². The van der Waals surface area contributed by atoms with Crippen molar-refractivity contribution in [3.05, 3.63) is 50.1 Å². The standard InChI is InChI=1S/C17H23N7S2/c1-12-22-23-16(24(12)3)10-20-17(19-9-15-5-4-8-25-15)18-7-6-14-11-26-13(2)21-14/h4-5,8,11H,6-7,9-10H2,1-3H3,(H2,18,19,20). The van der Waals surface area contributed by atoms with Gasteiger partial charge in [0.15, 0.2) is 11.8 Å². The fourth-order valence-electron chi connectivity index (χ4n) is 2.33. The van der Waals surface area contributed by atoms with Crippen molar-refractivity contribution in [3.8, 4) is 0 Å². The summed E-state index contributed by atoms with van der Waals surface area (Å²) in [6.45, 7) is 5.96. The minimum atomic E-state index is 0.479. The molecule has 0 aliphatic heterocycles. The lowest BCUT2D eigenvalue weighted by atomic mass is 10.3. The molecule has 9 heteroatoms. The Bertz CT molecular complexity index is 848. The Morgan fingerprint density at radius 1 is 1.23 bits per heavy atom. The van der Waals surface area contributed by atoms with Gasteiger partial charge in [-0.1, -0.05) is 6.07 Å². The largest absolute Gasteiger partial charge is 0.356 e. The maximum atomic E-state index is 4.66. The number of nitrogens with zero attached hydrogens (tertiary/aromatic N) is 5. The predicted octanol–water partition coefficient (Wildman–Crippen LogP) is 2.43.